The molecule has 1 aromatic carbocycles. The summed E-state index contributed by atoms with van der Waals surface area (Å²) in [5.41, 5.74) is 1.65. The lowest BCUT2D eigenvalue weighted by molar-refractivity contribution is -0.537. The second-order valence-electron chi connectivity index (χ2n) is 4.26. The Labute approximate surface area is 88.4 Å². The molecule has 1 heterocycles. The lowest BCUT2D eigenvalue weighted by Crippen LogP contribution is -2.39. The van der Waals surface area contributed by atoms with Crippen molar-refractivity contribution in [2.45, 2.75) is 25.8 Å². The molecule has 3 heteroatoms. The highest BCUT2D eigenvalue weighted by Crippen LogP contribution is 2.27. The summed E-state index contributed by atoms with van der Waals surface area (Å²) in [4.78, 5) is 0. The van der Waals surface area contributed by atoms with Crippen molar-refractivity contribution in [2.24, 2.45) is 0 Å². The van der Waals surface area contributed by atoms with Crippen LogP contribution in [-0.4, -0.2) is 16.5 Å². The first-order valence-corrected chi connectivity index (χ1v) is 4.97. The highest BCUT2D eigenvalue weighted by Gasteiger charge is 2.32. The minimum absolute atomic E-state index is 0.363. The molecule has 0 amide bonds. The highest BCUT2D eigenvalue weighted by molar-refractivity contribution is 6.33. The first-order valence-electron chi connectivity index (χ1n) is 4.59. The molecule has 1 aliphatic heterocycles. The third-order valence-corrected chi connectivity index (χ3v) is 2.94. The van der Waals surface area contributed by atoms with Gasteiger partial charge >= 0.3 is 0 Å². The van der Waals surface area contributed by atoms with E-state index in [0.717, 1.165) is 22.3 Å². The van der Waals surface area contributed by atoms with Gasteiger partial charge in [-0.15, -0.1) is 0 Å². The van der Waals surface area contributed by atoms with Crippen molar-refractivity contribution in [3.8, 4) is 0 Å². The van der Waals surface area contributed by atoms with Gasteiger partial charge in [0.2, 0.25) is 0 Å². The van der Waals surface area contributed by atoms with E-state index in [1.807, 2.05) is 32.0 Å². The van der Waals surface area contributed by atoms with Crippen molar-refractivity contribution in [3.05, 3.63) is 39.6 Å². The second-order valence-corrected chi connectivity index (χ2v) is 4.66. The molecule has 1 aromatic rings. The van der Waals surface area contributed by atoms with Crippen molar-refractivity contribution >= 4 is 17.8 Å². The van der Waals surface area contributed by atoms with Gasteiger partial charge in [0.05, 0.1) is 10.6 Å². The molecule has 2 nitrogen and oxygen atoms in total. The summed E-state index contributed by atoms with van der Waals surface area (Å²) in [5.74, 6) is 0. The Morgan fingerprint density at radius 3 is 2.86 bits per heavy atom. The van der Waals surface area contributed by atoms with Gasteiger partial charge in [0, 0.05) is 20.3 Å². The molecule has 2 rings (SSSR count). The molecule has 1 aliphatic rings. The topological polar surface area (TPSA) is 26.1 Å². The van der Waals surface area contributed by atoms with Crippen LogP contribution in [0, 0.1) is 5.21 Å². The quantitative estimate of drug-likeness (QED) is 0.477. The van der Waals surface area contributed by atoms with Crippen LogP contribution < -0.4 is 0 Å². The Bertz CT molecular complexity index is 410. The van der Waals surface area contributed by atoms with Crippen LogP contribution in [0.1, 0.15) is 25.0 Å². The van der Waals surface area contributed by atoms with E-state index in [1.54, 1.807) is 6.21 Å². The fraction of sp³-hybridized carbons (Fsp3) is 0.364. The first-order chi connectivity index (χ1) is 6.50. The number of hydroxylamine groups is 1. The zero-order chi connectivity index (χ0) is 10.3. The summed E-state index contributed by atoms with van der Waals surface area (Å²) >= 11 is 6.00. The van der Waals surface area contributed by atoms with Crippen LogP contribution in [0.25, 0.3) is 0 Å². The highest BCUT2D eigenvalue weighted by atomic mass is 35.5. The van der Waals surface area contributed by atoms with Gasteiger partial charge in [0.25, 0.3) is 0 Å². The van der Waals surface area contributed by atoms with E-state index >= 15 is 0 Å². The molecular weight excluding hydrogens is 198 g/mol. The van der Waals surface area contributed by atoms with Gasteiger partial charge in [-0.1, -0.05) is 23.7 Å². The molecule has 74 valence electrons. The average Bonchev–Trinajstić information content (AvgIpc) is 2.08. The number of hydrogen-bond acceptors (Lipinski definition) is 1. The maximum atomic E-state index is 11.6. The zero-order valence-corrected chi connectivity index (χ0v) is 9.01. The summed E-state index contributed by atoms with van der Waals surface area (Å²) < 4.78 is 0.987. The molecule has 0 unspecified atom stereocenters. The maximum absolute atomic E-state index is 11.6. The van der Waals surface area contributed by atoms with Crippen molar-refractivity contribution < 1.29 is 4.74 Å². The smallest absolute Gasteiger partial charge is 0.184 e. The van der Waals surface area contributed by atoms with E-state index in [2.05, 4.69) is 0 Å². The molecule has 0 radical (unpaired) electrons. The fourth-order valence-corrected chi connectivity index (χ4v) is 1.96. The summed E-state index contributed by atoms with van der Waals surface area (Å²) in [6.07, 6.45) is 2.32. The van der Waals surface area contributed by atoms with Gasteiger partial charge in [0.1, 0.15) is 0 Å². The molecular formula is C11H12ClNO. The van der Waals surface area contributed by atoms with Crippen LogP contribution in [-0.2, 0) is 6.42 Å². The number of nitrogens with zero attached hydrogens (tertiary/aromatic N) is 1. The standard InChI is InChI=1S/C11H12ClNO/c1-11(2)6-8-4-3-5-10(12)9(8)7-13(11)14/h3-5,7H,6H2,1-2H3. The average molecular weight is 210 g/mol. The summed E-state index contributed by atoms with van der Waals surface area (Å²) in [6, 6.07) is 5.75. The second kappa shape index (κ2) is 2.99. The number of benzene rings is 1. The van der Waals surface area contributed by atoms with Gasteiger partial charge in [-0.3, -0.25) is 0 Å². The van der Waals surface area contributed by atoms with E-state index in [1.165, 1.54) is 0 Å². The zero-order valence-electron chi connectivity index (χ0n) is 8.25. The summed E-state index contributed by atoms with van der Waals surface area (Å²) in [6.45, 7) is 3.86. The van der Waals surface area contributed by atoms with Crippen LogP contribution in [0.2, 0.25) is 5.02 Å². The molecule has 0 saturated heterocycles. The van der Waals surface area contributed by atoms with Crippen molar-refractivity contribution in [1.29, 1.82) is 0 Å². The lowest BCUT2D eigenvalue weighted by atomic mass is 9.89. The van der Waals surface area contributed by atoms with E-state index in [4.69, 9.17) is 11.6 Å². The van der Waals surface area contributed by atoms with E-state index in [0.29, 0.717) is 5.02 Å². The van der Waals surface area contributed by atoms with Gasteiger partial charge in [-0.25, -0.2) is 4.74 Å². The number of rotatable bonds is 0. The number of halogens is 1. The number of fused-ring (bicyclic) bond motifs is 1. The van der Waals surface area contributed by atoms with Crippen molar-refractivity contribution in [3.63, 3.8) is 0 Å². The van der Waals surface area contributed by atoms with E-state index in [-0.39, 0.29) is 5.54 Å². The SMILES string of the molecule is CC1(C)Cc2cccc(Cl)c2C=[N+]1[O-]. The molecule has 0 N–H and O–H groups in total. The van der Waals surface area contributed by atoms with Crippen LogP contribution >= 0.6 is 11.6 Å². The summed E-state index contributed by atoms with van der Waals surface area (Å²) in [5, 5.41) is 12.3. The molecule has 14 heavy (non-hydrogen) atoms. The molecule has 0 saturated carbocycles. The maximum Gasteiger partial charge on any atom is 0.184 e. The predicted molar refractivity (Wildman–Crippen MR) is 58.0 cm³/mol. The van der Waals surface area contributed by atoms with E-state index in [9.17, 15) is 5.21 Å². The third-order valence-electron chi connectivity index (χ3n) is 2.61. The first kappa shape index (κ1) is 9.53. The third kappa shape index (κ3) is 1.40. The Balaban J connectivity index is 2.59. The molecule has 0 bridgehead atoms. The molecule has 0 atom stereocenters. The largest absolute Gasteiger partial charge is 0.623 e. The normalized spacial score (nSPS) is 18.6. The fourth-order valence-electron chi connectivity index (χ4n) is 1.72. The van der Waals surface area contributed by atoms with Crippen LogP contribution in [0.5, 0.6) is 0 Å². The van der Waals surface area contributed by atoms with Gasteiger partial charge < -0.3 is 5.21 Å². The Morgan fingerprint density at radius 1 is 1.43 bits per heavy atom. The van der Waals surface area contributed by atoms with Gasteiger partial charge in [-0.05, 0) is 11.6 Å². The molecule has 0 spiro atoms. The van der Waals surface area contributed by atoms with Crippen LogP contribution in [0.4, 0.5) is 0 Å². The van der Waals surface area contributed by atoms with Gasteiger partial charge in [0.15, 0.2) is 11.8 Å². The number of hydrogen-bond donors (Lipinski definition) is 0. The van der Waals surface area contributed by atoms with Gasteiger partial charge in [-0.2, -0.15) is 0 Å². The predicted octanol–water partition coefficient (Wildman–Crippen LogP) is 2.60. The Morgan fingerprint density at radius 2 is 2.14 bits per heavy atom. The van der Waals surface area contributed by atoms with Crippen LogP contribution in [0.15, 0.2) is 18.2 Å². The summed E-state index contributed by atoms with van der Waals surface area (Å²) in [7, 11) is 0. The Hall–Kier alpha value is -1.02. The van der Waals surface area contributed by atoms with Crippen LogP contribution in [0.3, 0.4) is 0 Å². The molecule has 0 aromatic heterocycles. The monoisotopic (exact) mass is 209 g/mol. The minimum atomic E-state index is -0.363. The van der Waals surface area contributed by atoms with Crippen molar-refractivity contribution in [2.75, 3.05) is 0 Å². The Kier molecular flexibility index (Phi) is 2.04. The molecule has 0 aliphatic carbocycles. The van der Waals surface area contributed by atoms with Crippen molar-refractivity contribution in [1.82, 2.24) is 0 Å². The molecule has 0 fully saturated rings. The van der Waals surface area contributed by atoms with E-state index < -0.39 is 0 Å². The lowest BCUT2D eigenvalue weighted by Gasteiger charge is -2.28. The minimum Gasteiger partial charge on any atom is -0.623 e.